The molecule has 2 aromatic carbocycles. The molecule has 3 rings (SSSR count). The summed E-state index contributed by atoms with van der Waals surface area (Å²) in [5.41, 5.74) is 3.18. The van der Waals surface area contributed by atoms with Crippen LogP contribution in [-0.2, 0) is 14.8 Å². The van der Waals surface area contributed by atoms with Gasteiger partial charge in [0.1, 0.15) is 0 Å². The van der Waals surface area contributed by atoms with Gasteiger partial charge >= 0.3 is 0 Å². The van der Waals surface area contributed by atoms with Gasteiger partial charge in [-0.05, 0) is 55.3 Å². The predicted molar refractivity (Wildman–Crippen MR) is 99.9 cm³/mol. The lowest BCUT2D eigenvalue weighted by Crippen LogP contribution is -2.40. The smallest absolute Gasteiger partial charge is 0.255 e. The zero-order valence-electron chi connectivity index (χ0n) is 14.9. The number of anilines is 1. The van der Waals surface area contributed by atoms with Gasteiger partial charge in [0, 0.05) is 24.3 Å². The third-order valence-electron chi connectivity index (χ3n) is 4.37. The molecule has 7 heteroatoms. The number of nitrogens with one attached hydrogen (secondary N) is 1. The zero-order valence-corrected chi connectivity index (χ0v) is 15.7. The molecule has 26 heavy (non-hydrogen) atoms. The molecule has 0 bridgehead atoms. The SMILES string of the molecule is Cc1ccc(C)c(NC(=O)c2ccc(S(=O)(=O)N3CCOCC3)cc2)c1. The molecular weight excluding hydrogens is 352 g/mol. The lowest BCUT2D eigenvalue weighted by Gasteiger charge is -2.26. The van der Waals surface area contributed by atoms with Crippen LogP contribution in [0.25, 0.3) is 0 Å². The molecule has 1 saturated heterocycles. The maximum atomic E-state index is 12.6. The van der Waals surface area contributed by atoms with Gasteiger partial charge in [-0.2, -0.15) is 4.31 Å². The fourth-order valence-electron chi connectivity index (χ4n) is 2.78. The minimum absolute atomic E-state index is 0.183. The standard InChI is InChI=1S/C19H22N2O4S/c1-14-3-4-15(2)18(13-14)20-19(22)16-5-7-17(8-6-16)26(23,24)21-9-11-25-12-10-21/h3-8,13H,9-12H2,1-2H3,(H,20,22). The molecule has 1 fully saturated rings. The normalized spacial score (nSPS) is 15.6. The van der Waals surface area contributed by atoms with Gasteiger partial charge in [0.25, 0.3) is 5.91 Å². The molecule has 0 aromatic heterocycles. The number of carbonyl (C=O) groups excluding carboxylic acids is 1. The molecule has 0 saturated carbocycles. The lowest BCUT2D eigenvalue weighted by atomic mass is 10.1. The second kappa shape index (κ2) is 7.57. The third-order valence-corrected chi connectivity index (χ3v) is 6.28. The van der Waals surface area contributed by atoms with Crippen molar-refractivity contribution >= 4 is 21.6 Å². The van der Waals surface area contributed by atoms with Gasteiger partial charge in [-0.25, -0.2) is 8.42 Å². The summed E-state index contributed by atoms with van der Waals surface area (Å²) in [7, 11) is -3.55. The highest BCUT2D eigenvalue weighted by Gasteiger charge is 2.26. The number of benzene rings is 2. The maximum absolute atomic E-state index is 12.6. The van der Waals surface area contributed by atoms with E-state index in [9.17, 15) is 13.2 Å². The lowest BCUT2D eigenvalue weighted by molar-refractivity contribution is 0.0730. The van der Waals surface area contributed by atoms with Crippen LogP contribution < -0.4 is 5.32 Å². The fraction of sp³-hybridized carbons (Fsp3) is 0.316. The van der Waals surface area contributed by atoms with Crippen LogP contribution in [0, 0.1) is 13.8 Å². The van der Waals surface area contributed by atoms with Gasteiger partial charge in [0.05, 0.1) is 18.1 Å². The van der Waals surface area contributed by atoms with Crippen LogP contribution in [0.15, 0.2) is 47.4 Å². The number of rotatable bonds is 4. The van der Waals surface area contributed by atoms with Crippen molar-refractivity contribution in [1.29, 1.82) is 0 Å². The molecule has 0 unspecified atom stereocenters. The molecule has 1 amide bonds. The Morgan fingerprint density at radius 3 is 2.35 bits per heavy atom. The van der Waals surface area contributed by atoms with Gasteiger partial charge in [-0.1, -0.05) is 12.1 Å². The van der Waals surface area contributed by atoms with E-state index in [-0.39, 0.29) is 10.8 Å². The molecule has 0 radical (unpaired) electrons. The Morgan fingerprint density at radius 2 is 1.69 bits per heavy atom. The molecule has 1 aliphatic heterocycles. The van der Waals surface area contributed by atoms with Crippen LogP contribution in [0.2, 0.25) is 0 Å². The van der Waals surface area contributed by atoms with Gasteiger partial charge in [-0.3, -0.25) is 4.79 Å². The summed E-state index contributed by atoms with van der Waals surface area (Å²) in [6.45, 7) is 5.37. The first kappa shape index (κ1) is 18.6. The van der Waals surface area contributed by atoms with Gasteiger partial charge in [-0.15, -0.1) is 0 Å². The molecule has 0 atom stereocenters. The molecule has 2 aromatic rings. The van der Waals surface area contributed by atoms with Crippen molar-refractivity contribution < 1.29 is 17.9 Å². The van der Waals surface area contributed by atoms with E-state index in [0.29, 0.717) is 31.9 Å². The number of amides is 1. The largest absolute Gasteiger partial charge is 0.379 e. The van der Waals surface area contributed by atoms with E-state index in [0.717, 1.165) is 16.8 Å². The highest BCUT2D eigenvalue weighted by atomic mass is 32.2. The van der Waals surface area contributed by atoms with Gasteiger partial charge in [0.2, 0.25) is 10.0 Å². The Balaban J connectivity index is 1.76. The molecule has 0 aliphatic carbocycles. The van der Waals surface area contributed by atoms with E-state index in [2.05, 4.69) is 5.32 Å². The topological polar surface area (TPSA) is 75.7 Å². The summed E-state index contributed by atoms with van der Waals surface area (Å²) in [6, 6.07) is 11.9. The number of carbonyl (C=O) groups is 1. The maximum Gasteiger partial charge on any atom is 0.255 e. The van der Waals surface area contributed by atoms with E-state index >= 15 is 0 Å². The zero-order chi connectivity index (χ0) is 18.7. The summed E-state index contributed by atoms with van der Waals surface area (Å²) in [4.78, 5) is 12.6. The van der Waals surface area contributed by atoms with Gasteiger partial charge in [0.15, 0.2) is 0 Å². The average molecular weight is 374 g/mol. The van der Waals surface area contributed by atoms with Gasteiger partial charge < -0.3 is 10.1 Å². The average Bonchev–Trinajstić information content (AvgIpc) is 2.65. The summed E-state index contributed by atoms with van der Waals surface area (Å²) in [6.07, 6.45) is 0. The van der Waals surface area contributed by atoms with Crippen LogP contribution in [0.1, 0.15) is 21.5 Å². The molecule has 138 valence electrons. The number of sulfonamides is 1. The highest BCUT2D eigenvalue weighted by Crippen LogP contribution is 2.20. The van der Waals surface area contributed by atoms with Crippen molar-refractivity contribution in [2.45, 2.75) is 18.7 Å². The van der Waals surface area contributed by atoms with Crippen molar-refractivity contribution in [2.75, 3.05) is 31.6 Å². The van der Waals surface area contributed by atoms with Crippen molar-refractivity contribution in [3.05, 3.63) is 59.2 Å². The second-order valence-corrected chi connectivity index (χ2v) is 8.25. The van der Waals surface area contributed by atoms with Crippen LogP contribution in [-0.4, -0.2) is 44.9 Å². The van der Waals surface area contributed by atoms with E-state index in [1.54, 1.807) is 0 Å². The summed E-state index contributed by atoms with van der Waals surface area (Å²) in [5.74, 6) is -0.269. The van der Waals surface area contributed by atoms with Crippen LogP contribution in [0.3, 0.4) is 0 Å². The van der Waals surface area contributed by atoms with E-state index in [4.69, 9.17) is 4.74 Å². The molecule has 6 nitrogen and oxygen atoms in total. The van der Waals surface area contributed by atoms with E-state index < -0.39 is 10.0 Å². The third kappa shape index (κ3) is 3.95. The minimum Gasteiger partial charge on any atom is -0.379 e. The van der Waals surface area contributed by atoms with Crippen molar-refractivity contribution in [3.8, 4) is 0 Å². The van der Waals surface area contributed by atoms with E-state index in [1.807, 2.05) is 32.0 Å². The first-order valence-corrected chi connectivity index (χ1v) is 9.88. The first-order valence-electron chi connectivity index (χ1n) is 8.44. The molecule has 1 N–H and O–H groups in total. The van der Waals surface area contributed by atoms with Crippen LogP contribution in [0.4, 0.5) is 5.69 Å². The Kier molecular flexibility index (Phi) is 5.41. The van der Waals surface area contributed by atoms with Crippen LogP contribution in [0.5, 0.6) is 0 Å². The summed E-state index contributed by atoms with van der Waals surface area (Å²) >= 11 is 0. The number of ether oxygens (including phenoxy) is 1. The van der Waals surface area contributed by atoms with Crippen LogP contribution >= 0.6 is 0 Å². The summed E-state index contributed by atoms with van der Waals surface area (Å²) in [5, 5.41) is 2.87. The number of morpholine rings is 1. The van der Waals surface area contributed by atoms with Crippen molar-refractivity contribution in [2.24, 2.45) is 0 Å². The molecular formula is C19H22N2O4S. The molecule has 0 spiro atoms. The monoisotopic (exact) mass is 374 g/mol. The molecule has 1 aliphatic rings. The van der Waals surface area contributed by atoms with E-state index in [1.165, 1.54) is 28.6 Å². The first-order chi connectivity index (χ1) is 12.4. The highest BCUT2D eigenvalue weighted by molar-refractivity contribution is 7.89. The van der Waals surface area contributed by atoms with Crippen molar-refractivity contribution in [1.82, 2.24) is 4.31 Å². The quantitative estimate of drug-likeness (QED) is 0.892. The Hall–Kier alpha value is -2.22. The predicted octanol–water partition coefficient (Wildman–Crippen LogP) is 2.58. The summed E-state index contributed by atoms with van der Waals surface area (Å²) < 4.78 is 31.8. The number of hydrogen-bond acceptors (Lipinski definition) is 4. The Labute approximate surface area is 153 Å². The second-order valence-electron chi connectivity index (χ2n) is 6.31. The Morgan fingerprint density at radius 1 is 1.04 bits per heavy atom. The van der Waals surface area contributed by atoms with Crippen molar-refractivity contribution in [3.63, 3.8) is 0 Å². The number of aryl methyl sites for hydroxylation is 2. The fourth-order valence-corrected chi connectivity index (χ4v) is 4.19. The Bertz CT molecular complexity index is 902. The number of nitrogens with zero attached hydrogens (tertiary/aromatic N) is 1. The number of hydrogen-bond donors (Lipinski definition) is 1. The minimum atomic E-state index is -3.55. The molecule has 1 heterocycles.